The van der Waals surface area contributed by atoms with Crippen molar-refractivity contribution >= 4 is 0 Å². The lowest BCUT2D eigenvalue weighted by atomic mass is 9.98. The van der Waals surface area contributed by atoms with Crippen LogP contribution in [0.2, 0.25) is 0 Å². The molecule has 0 radical (unpaired) electrons. The molecule has 3 heteroatoms. The van der Waals surface area contributed by atoms with Crippen molar-refractivity contribution in [1.82, 2.24) is 10.3 Å². The van der Waals surface area contributed by atoms with E-state index in [2.05, 4.69) is 17.2 Å². The molecule has 3 nitrogen and oxygen atoms in total. The average Bonchev–Trinajstić information content (AvgIpc) is 2.16. The molecule has 84 valence electrons. The summed E-state index contributed by atoms with van der Waals surface area (Å²) in [6, 6.07) is 1.99. The van der Waals surface area contributed by atoms with E-state index < -0.39 is 0 Å². The summed E-state index contributed by atoms with van der Waals surface area (Å²) in [5, 5.41) is 12.9. The lowest BCUT2D eigenvalue weighted by molar-refractivity contribution is 0.0956. The Bertz CT molecular complexity index is 321. The molecule has 0 aliphatic heterocycles. The third-order valence-electron chi connectivity index (χ3n) is 2.93. The van der Waals surface area contributed by atoms with Gasteiger partial charge in [0.1, 0.15) is 0 Å². The summed E-state index contributed by atoms with van der Waals surface area (Å²) >= 11 is 0. The average molecular weight is 208 g/mol. The topological polar surface area (TPSA) is 45.2 Å². The van der Waals surface area contributed by atoms with Gasteiger partial charge in [0.15, 0.2) is 0 Å². The van der Waals surface area contributed by atoms with Crippen LogP contribution in [0.25, 0.3) is 0 Å². The second-order valence-electron chi connectivity index (χ2n) is 4.55. The molecule has 1 unspecified atom stereocenters. The van der Waals surface area contributed by atoms with Crippen molar-refractivity contribution < 1.29 is 5.11 Å². The minimum atomic E-state index is -0.380. The van der Waals surface area contributed by atoms with E-state index in [1.807, 2.05) is 26.1 Å². The lowest BCUT2D eigenvalue weighted by Crippen LogP contribution is -2.47. The van der Waals surface area contributed by atoms with Crippen LogP contribution in [0.1, 0.15) is 31.9 Å². The molecule has 1 aromatic heterocycles. The van der Waals surface area contributed by atoms with Crippen LogP contribution in [0.15, 0.2) is 18.5 Å². The van der Waals surface area contributed by atoms with Gasteiger partial charge in [0.2, 0.25) is 0 Å². The highest BCUT2D eigenvalue weighted by atomic mass is 16.3. The predicted molar refractivity (Wildman–Crippen MR) is 61.6 cm³/mol. The number of hydrogen-bond donors (Lipinski definition) is 2. The quantitative estimate of drug-likeness (QED) is 0.790. The van der Waals surface area contributed by atoms with Crippen LogP contribution in [0.5, 0.6) is 0 Å². The monoisotopic (exact) mass is 208 g/mol. The van der Waals surface area contributed by atoms with Gasteiger partial charge in [-0.25, -0.2) is 0 Å². The Hall–Kier alpha value is -0.930. The molecule has 1 atom stereocenters. The molecule has 1 rings (SSSR count). The van der Waals surface area contributed by atoms with Gasteiger partial charge in [-0.2, -0.15) is 0 Å². The first-order chi connectivity index (χ1) is 6.93. The molecule has 15 heavy (non-hydrogen) atoms. The predicted octanol–water partition coefficient (Wildman–Crippen LogP) is 1.64. The standard InChI is InChI=1S/C12H20N2O/c1-9-5-6-13-7-11(9)8-14-12(3,4)10(2)15/h5-7,10,14-15H,8H2,1-4H3. The maximum Gasteiger partial charge on any atom is 0.0688 e. The van der Waals surface area contributed by atoms with Crippen molar-refractivity contribution in [2.75, 3.05) is 0 Å². The molecular formula is C12H20N2O. The van der Waals surface area contributed by atoms with Crippen molar-refractivity contribution in [2.24, 2.45) is 0 Å². The van der Waals surface area contributed by atoms with Crippen molar-refractivity contribution in [3.8, 4) is 0 Å². The fourth-order valence-electron chi connectivity index (χ4n) is 1.15. The van der Waals surface area contributed by atoms with Crippen molar-refractivity contribution in [3.63, 3.8) is 0 Å². The van der Waals surface area contributed by atoms with E-state index in [1.165, 1.54) is 11.1 Å². The van der Waals surface area contributed by atoms with Crippen molar-refractivity contribution in [3.05, 3.63) is 29.6 Å². The van der Waals surface area contributed by atoms with E-state index in [-0.39, 0.29) is 11.6 Å². The Kier molecular flexibility index (Phi) is 3.83. The van der Waals surface area contributed by atoms with Gasteiger partial charge in [-0.1, -0.05) is 0 Å². The molecule has 0 bridgehead atoms. The molecule has 0 aliphatic rings. The Morgan fingerprint density at radius 1 is 1.53 bits per heavy atom. The molecule has 0 amide bonds. The van der Waals surface area contributed by atoms with Gasteiger partial charge in [0.25, 0.3) is 0 Å². The fourth-order valence-corrected chi connectivity index (χ4v) is 1.15. The van der Waals surface area contributed by atoms with Crippen molar-refractivity contribution in [2.45, 2.75) is 45.9 Å². The number of nitrogens with zero attached hydrogens (tertiary/aromatic N) is 1. The molecule has 0 saturated heterocycles. The maximum absolute atomic E-state index is 9.55. The molecule has 2 N–H and O–H groups in total. The van der Waals surface area contributed by atoms with Gasteiger partial charge in [0, 0.05) is 24.5 Å². The summed E-state index contributed by atoms with van der Waals surface area (Å²) in [5.41, 5.74) is 2.12. The number of aliphatic hydroxyl groups is 1. The summed E-state index contributed by atoms with van der Waals surface area (Å²) in [5.74, 6) is 0. The third-order valence-corrected chi connectivity index (χ3v) is 2.93. The van der Waals surface area contributed by atoms with Gasteiger partial charge in [0.05, 0.1) is 6.10 Å². The molecule has 0 saturated carbocycles. The summed E-state index contributed by atoms with van der Waals surface area (Å²) < 4.78 is 0. The lowest BCUT2D eigenvalue weighted by Gasteiger charge is -2.29. The highest BCUT2D eigenvalue weighted by Gasteiger charge is 2.22. The van der Waals surface area contributed by atoms with E-state index in [0.717, 1.165) is 6.54 Å². The summed E-state index contributed by atoms with van der Waals surface area (Å²) in [6.07, 6.45) is 3.27. The van der Waals surface area contributed by atoms with E-state index in [0.29, 0.717) is 0 Å². The number of aryl methyl sites for hydroxylation is 1. The second kappa shape index (κ2) is 4.73. The van der Waals surface area contributed by atoms with Gasteiger partial charge in [-0.05, 0) is 44.9 Å². The molecule has 0 fully saturated rings. The molecule has 0 aromatic carbocycles. The molecule has 1 aromatic rings. The first-order valence-electron chi connectivity index (χ1n) is 5.26. The van der Waals surface area contributed by atoms with Gasteiger partial charge >= 0.3 is 0 Å². The van der Waals surface area contributed by atoms with Crippen LogP contribution in [0.4, 0.5) is 0 Å². The van der Waals surface area contributed by atoms with E-state index in [4.69, 9.17) is 0 Å². The number of pyridine rings is 1. The zero-order chi connectivity index (χ0) is 11.5. The zero-order valence-corrected chi connectivity index (χ0v) is 9.91. The number of nitrogens with one attached hydrogen (secondary N) is 1. The minimum Gasteiger partial charge on any atom is -0.392 e. The Morgan fingerprint density at radius 3 is 2.73 bits per heavy atom. The van der Waals surface area contributed by atoms with E-state index in [9.17, 15) is 5.11 Å². The van der Waals surface area contributed by atoms with Crippen LogP contribution in [0.3, 0.4) is 0 Å². The number of aromatic nitrogens is 1. The molecular weight excluding hydrogens is 188 g/mol. The number of rotatable bonds is 4. The summed E-state index contributed by atoms with van der Waals surface area (Å²) in [6.45, 7) is 8.57. The van der Waals surface area contributed by atoms with Crippen LogP contribution in [-0.2, 0) is 6.54 Å². The van der Waals surface area contributed by atoms with Crippen molar-refractivity contribution in [1.29, 1.82) is 0 Å². The molecule has 0 aliphatic carbocycles. The zero-order valence-electron chi connectivity index (χ0n) is 9.91. The Labute approximate surface area is 91.5 Å². The summed E-state index contributed by atoms with van der Waals surface area (Å²) in [7, 11) is 0. The second-order valence-corrected chi connectivity index (χ2v) is 4.55. The van der Waals surface area contributed by atoms with Crippen LogP contribution in [-0.4, -0.2) is 21.7 Å². The highest BCUT2D eigenvalue weighted by molar-refractivity contribution is 5.21. The van der Waals surface area contributed by atoms with Crippen LogP contribution >= 0.6 is 0 Å². The Morgan fingerprint density at radius 2 is 2.20 bits per heavy atom. The van der Waals surface area contributed by atoms with E-state index in [1.54, 1.807) is 13.1 Å². The number of aliphatic hydroxyl groups excluding tert-OH is 1. The first-order valence-corrected chi connectivity index (χ1v) is 5.26. The highest BCUT2D eigenvalue weighted by Crippen LogP contribution is 2.11. The minimum absolute atomic E-state index is 0.276. The molecule has 1 heterocycles. The van der Waals surface area contributed by atoms with Crippen LogP contribution in [0, 0.1) is 6.92 Å². The third kappa shape index (κ3) is 3.29. The largest absolute Gasteiger partial charge is 0.392 e. The maximum atomic E-state index is 9.55. The molecule has 0 spiro atoms. The normalized spacial score (nSPS) is 13.9. The SMILES string of the molecule is Cc1ccncc1CNC(C)(C)C(C)O. The van der Waals surface area contributed by atoms with E-state index >= 15 is 0 Å². The first kappa shape index (κ1) is 12.1. The van der Waals surface area contributed by atoms with Crippen LogP contribution < -0.4 is 5.32 Å². The van der Waals surface area contributed by atoms with Gasteiger partial charge < -0.3 is 10.4 Å². The summed E-state index contributed by atoms with van der Waals surface area (Å²) in [4.78, 5) is 4.09. The van der Waals surface area contributed by atoms with Gasteiger partial charge in [-0.15, -0.1) is 0 Å². The Balaban J connectivity index is 2.62. The smallest absolute Gasteiger partial charge is 0.0688 e. The number of hydrogen-bond acceptors (Lipinski definition) is 3. The fraction of sp³-hybridized carbons (Fsp3) is 0.583. The van der Waals surface area contributed by atoms with Gasteiger partial charge in [-0.3, -0.25) is 4.98 Å².